The number of carboxylic acids is 1. The molecule has 0 aliphatic heterocycles. The molecule has 0 aromatic carbocycles. The number of carbonyl (C=O) groups is 2. The number of carbonyl (C=O) groups excluding carboxylic acids is 1. The molecule has 0 radical (unpaired) electrons. The lowest BCUT2D eigenvalue weighted by molar-refractivity contribution is 0.0649. The highest BCUT2D eigenvalue weighted by Crippen LogP contribution is 2.26. The van der Waals surface area contributed by atoms with Gasteiger partial charge in [-0.25, -0.2) is 4.79 Å². The fourth-order valence-corrected chi connectivity index (χ4v) is 2.04. The first-order chi connectivity index (χ1) is 8.50. The molecule has 0 spiro atoms. The molecule has 1 aromatic heterocycles. The van der Waals surface area contributed by atoms with Gasteiger partial charge >= 0.3 is 5.97 Å². The lowest BCUT2D eigenvalue weighted by Crippen LogP contribution is -2.10. The summed E-state index contributed by atoms with van der Waals surface area (Å²) in [4.78, 5) is 24.9. The summed E-state index contributed by atoms with van der Waals surface area (Å²) in [6, 6.07) is 0. The third kappa shape index (κ3) is 2.13. The number of hydrogen-bond acceptors (Lipinski definition) is 5. The number of nitrogens with zero attached hydrogens (tertiary/aromatic N) is 2. The fraction of sp³-hybridized carbons (Fsp3) is 0.417. The normalized spacial score (nSPS) is 17.4. The molecule has 1 aliphatic rings. The van der Waals surface area contributed by atoms with Crippen LogP contribution in [0.15, 0.2) is 16.3 Å². The molecule has 0 saturated carbocycles. The van der Waals surface area contributed by atoms with Gasteiger partial charge in [0.15, 0.2) is 5.69 Å². The monoisotopic (exact) mass is 250 g/mol. The van der Waals surface area contributed by atoms with Crippen LogP contribution in [0.1, 0.15) is 39.4 Å². The summed E-state index contributed by atoms with van der Waals surface area (Å²) in [6.07, 6.45) is 3.57. The van der Waals surface area contributed by atoms with Gasteiger partial charge in [0.2, 0.25) is 11.5 Å². The summed E-state index contributed by atoms with van der Waals surface area (Å²) in [5, 5.41) is 12.6. The summed E-state index contributed by atoms with van der Waals surface area (Å²) >= 11 is 0. The van der Waals surface area contributed by atoms with E-state index < -0.39 is 5.97 Å². The van der Waals surface area contributed by atoms with Crippen LogP contribution in [0.25, 0.3) is 0 Å². The summed E-state index contributed by atoms with van der Waals surface area (Å²) in [6.45, 7) is 0. The zero-order valence-corrected chi connectivity index (χ0v) is 10.3. The summed E-state index contributed by atoms with van der Waals surface area (Å²) in [5.74, 6) is -1.64. The molecule has 6 heteroatoms. The van der Waals surface area contributed by atoms with Gasteiger partial charge in [0.1, 0.15) is 0 Å². The van der Waals surface area contributed by atoms with Crippen molar-refractivity contribution in [3.63, 3.8) is 0 Å². The number of hydrogen-bond donors (Lipinski definition) is 1. The standard InChI is InChI=1S/C12H14N2O4/c1-14(2)6-7-4-3-5-8-9(10(7)15)13-18-11(8)12(16)17/h6H,3-5H2,1-2H3,(H,16,17). The number of carboxylic acid groups (broad SMARTS) is 1. The van der Waals surface area contributed by atoms with Crippen molar-refractivity contribution < 1.29 is 19.2 Å². The van der Waals surface area contributed by atoms with Crippen molar-refractivity contribution in [1.82, 2.24) is 10.1 Å². The Bertz CT molecular complexity index is 528. The molecule has 0 atom stereocenters. The first-order valence-electron chi connectivity index (χ1n) is 5.64. The fourth-order valence-electron chi connectivity index (χ4n) is 2.04. The van der Waals surface area contributed by atoms with E-state index in [1.54, 1.807) is 11.1 Å². The lowest BCUT2D eigenvalue weighted by atomic mass is 10.1. The molecule has 0 fully saturated rings. The van der Waals surface area contributed by atoms with Gasteiger partial charge in [0.05, 0.1) is 0 Å². The smallest absolute Gasteiger partial charge is 0.375 e. The second-order valence-electron chi connectivity index (χ2n) is 4.44. The zero-order valence-electron chi connectivity index (χ0n) is 10.3. The molecule has 0 saturated heterocycles. The Morgan fingerprint density at radius 3 is 2.78 bits per heavy atom. The molecule has 1 heterocycles. The summed E-state index contributed by atoms with van der Waals surface area (Å²) < 4.78 is 4.75. The van der Waals surface area contributed by atoms with E-state index >= 15 is 0 Å². The Labute approximate surface area is 104 Å². The first-order valence-corrected chi connectivity index (χ1v) is 5.64. The van der Waals surface area contributed by atoms with Crippen molar-refractivity contribution in [2.45, 2.75) is 19.3 Å². The maximum Gasteiger partial charge on any atom is 0.375 e. The Balaban J connectivity index is 2.45. The number of ketones is 1. The van der Waals surface area contributed by atoms with Crippen LogP contribution in [-0.2, 0) is 6.42 Å². The number of aromatic carboxylic acids is 1. The van der Waals surface area contributed by atoms with E-state index in [4.69, 9.17) is 9.63 Å². The van der Waals surface area contributed by atoms with Crippen LogP contribution in [0, 0.1) is 0 Å². The van der Waals surface area contributed by atoms with E-state index in [0.717, 1.165) is 0 Å². The van der Waals surface area contributed by atoms with Crippen molar-refractivity contribution >= 4 is 11.8 Å². The Morgan fingerprint density at radius 2 is 2.17 bits per heavy atom. The van der Waals surface area contributed by atoms with Gasteiger partial charge in [-0.2, -0.15) is 0 Å². The lowest BCUT2D eigenvalue weighted by Gasteiger charge is -2.08. The Kier molecular flexibility index (Phi) is 3.18. The van der Waals surface area contributed by atoms with Gasteiger partial charge in [-0.15, -0.1) is 0 Å². The minimum atomic E-state index is -1.18. The van der Waals surface area contributed by atoms with Crippen LogP contribution in [0.5, 0.6) is 0 Å². The molecule has 1 N–H and O–H groups in total. The molecule has 96 valence electrons. The minimum Gasteiger partial charge on any atom is -0.475 e. The van der Waals surface area contributed by atoms with Gasteiger partial charge in [0, 0.05) is 31.4 Å². The van der Waals surface area contributed by atoms with Gasteiger partial charge in [-0.1, -0.05) is 5.16 Å². The predicted molar refractivity (Wildman–Crippen MR) is 62.5 cm³/mol. The molecule has 0 unspecified atom stereocenters. The number of fused-ring (bicyclic) bond motifs is 1. The molecule has 18 heavy (non-hydrogen) atoms. The maximum atomic E-state index is 12.2. The van der Waals surface area contributed by atoms with Gasteiger partial charge < -0.3 is 14.5 Å². The average Bonchev–Trinajstić information content (AvgIpc) is 2.64. The van der Waals surface area contributed by atoms with Gasteiger partial charge in [-0.3, -0.25) is 4.79 Å². The van der Waals surface area contributed by atoms with Crippen molar-refractivity contribution in [2.24, 2.45) is 0 Å². The molecule has 1 aliphatic carbocycles. The second-order valence-corrected chi connectivity index (χ2v) is 4.44. The van der Waals surface area contributed by atoms with E-state index in [2.05, 4.69) is 5.16 Å². The SMILES string of the molecule is CN(C)C=C1CCCc2c(noc2C(=O)O)C1=O. The van der Waals surface area contributed by atoms with E-state index in [0.29, 0.717) is 30.4 Å². The Hall–Kier alpha value is -2.11. The van der Waals surface area contributed by atoms with E-state index in [9.17, 15) is 9.59 Å². The first kappa shape index (κ1) is 12.3. The summed E-state index contributed by atoms with van der Waals surface area (Å²) in [7, 11) is 3.66. The number of Topliss-reactive ketones (excluding diaryl/α,β-unsaturated/α-hetero) is 1. The van der Waals surface area contributed by atoms with Crippen molar-refractivity contribution in [3.05, 3.63) is 28.8 Å². The quantitative estimate of drug-likeness (QED) is 0.629. The minimum absolute atomic E-state index is 0.137. The molecule has 0 amide bonds. The third-order valence-electron chi connectivity index (χ3n) is 2.78. The highest BCUT2D eigenvalue weighted by atomic mass is 16.5. The van der Waals surface area contributed by atoms with Gasteiger partial charge in [-0.05, 0) is 19.3 Å². The second kappa shape index (κ2) is 4.64. The highest BCUT2D eigenvalue weighted by Gasteiger charge is 2.29. The molecule has 6 nitrogen and oxygen atoms in total. The molecule has 0 bridgehead atoms. The van der Waals surface area contributed by atoms with E-state index in [-0.39, 0.29) is 17.2 Å². The molecular formula is C12H14N2O4. The van der Waals surface area contributed by atoms with Crippen LogP contribution in [-0.4, -0.2) is 41.0 Å². The third-order valence-corrected chi connectivity index (χ3v) is 2.78. The number of aromatic nitrogens is 1. The van der Waals surface area contributed by atoms with Crippen LogP contribution in [0.3, 0.4) is 0 Å². The number of rotatable bonds is 2. The highest BCUT2D eigenvalue weighted by molar-refractivity contribution is 6.09. The zero-order chi connectivity index (χ0) is 13.3. The average molecular weight is 250 g/mol. The van der Waals surface area contributed by atoms with Crippen LogP contribution < -0.4 is 0 Å². The van der Waals surface area contributed by atoms with Crippen molar-refractivity contribution in [2.75, 3.05) is 14.1 Å². The Morgan fingerprint density at radius 1 is 1.44 bits per heavy atom. The van der Waals surface area contributed by atoms with Crippen molar-refractivity contribution in [1.29, 1.82) is 0 Å². The topological polar surface area (TPSA) is 83.6 Å². The van der Waals surface area contributed by atoms with E-state index in [1.807, 2.05) is 14.1 Å². The summed E-state index contributed by atoms with van der Waals surface area (Å²) in [5.41, 5.74) is 1.18. The van der Waals surface area contributed by atoms with Crippen LogP contribution in [0.2, 0.25) is 0 Å². The van der Waals surface area contributed by atoms with Crippen molar-refractivity contribution in [3.8, 4) is 0 Å². The molecular weight excluding hydrogens is 236 g/mol. The van der Waals surface area contributed by atoms with Crippen LogP contribution >= 0.6 is 0 Å². The maximum absolute atomic E-state index is 12.2. The van der Waals surface area contributed by atoms with E-state index in [1.165, 1.54) is 0 Å². The number of allylic oxidation sites excluding steroid dienone is 1. The molecule has 1 aromatic rings. The largest absolute Gasteiger partial charge is 0.475 e. The van der Waals surface area contributed by atoms with Crippen LogP contribution in [0.4, 0.5) is 0 Å². The van der Waals surface area contributed by atoms with Gasteiger partial charge in [0.25, 0.3) is 0 Å². The predicted octanol–water partition coefficient (Wildman–Crippen LogP) is 1.34. The molecule has 2 rings (SSSR count).